The molecule has 0 saturated carbocycles. The molecule has 2 N–H and O–H groups in total. The molecule has 2 amide bonds. The van der Waals surface area contributed by atoms with Crippen molar-refractivity contribution in [3.63, 3.8) is 0 Å². The first kappa shape index (κ1) is 24.9. The van der Waals surface area contributed by atoms with Gasteiger partial charge in [0.25, 0.3) is 11.8 Å². The number of rotatable bonds is 7. The molecule has 184 valence electrons. The number of thiocarbonyl (C=S) groups is 1. The minimum Gasteiger partial charge on any atom is -0.493 e. The van der Waals surface area contributed by atoms with E-state index < -0.39 is 0 Å². The molecule has 1 fully saturated rings. The predicted molar refractivity (Wildman–Crippen MR) is 145 cm³/mol. The summed E-state index contributed by atoms with van der Waals surface area (Å²) in [5, 5.41) is 6.11. The van der Waals surface area contributed by atoms with Crippen molar-refractivity contribution in [3.8, 4) is 11.5 Å². The fourth-order valence-electron chi connectivity index (χ4n) is 3.67. The number of nitrogens with zero attached hydrogens (tertiary/aromatic N) is 1. The zero-order valence-corrected chi connectivity index (χ0v) is 21.4. The SMILES string of the molecule is COc1cc(/C=C2/NC(=S)N(c3ccc(C)c(C)c3)C2=O)ccc1OCC(=O)Nc1ccc(C)cc1. The molecule has 0 atom stereocenters. The van der Waals surface area contributed by atoms with E-state index in [-0.39, 0.29) is 18.4 Å². The molecule has 3 aromatic rings. The summed E-state index contributed by atoms with van der Waals surface area (Å²) in [6.07, 6.45) is 1.70. The number of methoxy groups -OCH3 is 1. The Morgan fingerprint density at radius 2 is 1.75 bits per heavy atom. The van der Waals surface area contributed by atoms with Gasteiger partial charge in [0, 0.05) is 5.69 Å². The maximum atomic E-state index is 13.1. The van der Waals surface area contributed by atoms with Crippen LogP contribution in [0, 0.1) is 20.8 Å². The summed E-state index contributed by atoms with van der Waals surface area (Å²) in [5.74, 6) is 0.325. The second-order valence-electron chi connectivity index (χ2n) is 8.51. The second kappa shape index (κ2) is 10.6. The van der Waals surface area contributed by atoms with Crippen molar-refractivity contribution >= 4 is 46.6 Å². The van der Waals surface area contributed by atoms with E-state index in [0.29, 0.717) is 39.2 Å². The molecule has 0 unspecified atom stereocenters. The van der Waals surface area contributed by atoms with Gasteiger partial charge in [0.2, 0.25) is 0 Å². The molecule has 0 aromatic heterocycles. The van der Waals surface area contributed by atoms with Crippen LogP contribution in [0.2, 0.25) is 0 Å². The molecule has 36 heavy (non-hydrogen) atoms. The van der Waals surface area contributed by atoms with Crippen LogP contribution in [-0.2, 0) is 9.59 Å². The Morgan fingerprint density at radius 3 is 2.44 bits per heavy atom. The van der Waals surface area contributed by atoms with Crippen LogP contribution in [0.15, 0.2) is 66.4 Å². The van der Waals surface area contributed by atoms with E-state index in [9.17, 15) is 9.59 Å². The highest BCUT2D eigenvalue weighted by molar-refractivity contribution is 7.80. The van der Waals surface area contributed by atoms with Gasteiger partial charge in [-0.15, -0.1) is 0 Å². The molecule has 0 spiro atoms. The maximum absolute atomic E-state index is 13.1. The predicted octanol–water partition coefficient (Wildman–Crippen LogP) is 4.90. The summed E-state index contributed by atoms with van der Waals surface area (Å²) >= 11 is 5.42. The fraction of sp³-hybridized carbons (Fsp3) is 0.179. The van der Waals surface area contributed by atoms with Crippen LogP contribution >= 0.6 is 12.2 Å². The lowest BCUT2D eigenvalue weighted by molar-refractivity contribution is -0.118. The molecule has 3 aromatic carbocycles. The Hall–Kier alpha value is -4.17. The van der Waals surface area contributed by atoms with Crippen molar-refractivity contribution in [2.75, 3.05) is 23.9 Å². The number of nitrogens with one attached hydrogen (secondary N) is 2. The summed E-state index contributed by atoms with van der Waals surface area (Å²) in [6.45, 7) is 5.82. The third-order valence-electron chi connectivity index (χ3n) is 5.82. The van der Waals surface area contributed by atoms with Crippen molar-refractivity contribution in [1.82, 2.24) is 5.32 Å². The number of carbonyl (C=O) groups is 2. The van der Waals surface area contributed by atoms with E-state index in [4.69, 9.17) is 21.7 Å². The Kier molecular flexibility index (Phi) is 7.36. The monoisotopic (exact) mass is 501 g/mol. The second-order valence-corrected chi connectivity index (χ2v) is 8.90. The summed E-state index contributed by atoms with van der Waals surface area (Å²) in [7, 11) is 1.51. The van der Waals surface area contributed by atoms with E-state index >= 15 is 0 Å². The Morgan fingerprint density at radius 1 is 1.00 bits per heavy atom. The molecule has 1 saturated heterocycles. The van der Waals surface area contributed by atoms with Crippen LogP contribution in [-0.4, -0.2) is 30.6 Å². The van der Waals surface area contributed by atoms with E-state index in [1.165, 1.54) is 12.0 Å². The zero-order chi connectivity index (χ0) is 25.8. The van der Waals surface area contributed by atoms with Gasteiger partial charge in [0.05, 0.1) is 12.8 Å². The molecule has 0 aliphatic carbocycles. The maximum Gasteiger partial charge on any atom is 0.281 e. The van der Waals surface area contributed by atoms with Gasteiger partial charge in [-0.2, -0.15) is 0 Å². The Balaban J connectivity index is 1.45. The normalized spacial score (nSPS) is 14.1. The summed E-state index contributed by atoms with van der Waals surface area (Å²) in [4.78, 5) is 26.8. The quantitative estimate of drug-likeness (QED) is 0.354. The number of aryl methyl sites for hydroxylation is 3. The van der Waals surface area contributed by atoms with E-state index in [2.05, 4.69) is 10.6 Å². The van der Waals surface area contributed by atoms with Gasteiger partial charge >= 0.3 is 0 Å². The van der Waals surface area contributed by atoms with Crippen LogP contribution in [0.4, 0.5) is 11.4 Å². The fourth-order valence-corrected chi connectivity index (χ4v) is 3.97. The number of amides is 2. The van der Waals surface area contributed by atoms with Crippen molar-refractivity contribution in [1.29, 1.82) is 0 Å². The van der Waals surface area contributed by atoms with Gasteiger partial charge in [-0.05, 0) is 92.2 Å². The minimum atomic E-state index is -0.284. The van der Waals surface area contributed by atoms with Gasteiger partial charge < -0.3 is 20.1 Å². The number of ether oxygens (including phenoxy) is 2. The van der Waals surface area contributed by atoms with Crippen LogP contribution in [0.25, 0.3) is 6.08 Å². The number of carbonyl (C=O) groups excluding carboxylic acids is 2. The first-order valence-corrected chi connectivity index (χ1v) is 11.8. The Bertz CT molecular complexity index is 1370. The van der Waals surface area contributed by atoms with Crippen molar-refractivity contribution < 1.29 is 19.1 Å². The van der Waals surface area contributed by atoms with Crippen molar-refractivity contribution in [3.05, 3.63) is 88.6 Å². The lowest BCUT2D eigenvalue weighted by Gasteiger charge is -2.15. The minimum absolute atomic E-state index is 0.177. The first-order chi connectivity index (χ1) is 17.2. The topological polar surface area (TPSA) is 79.9 Å². The first-order valence-electron chi connectivity index (χ1n) is 11.4. The lowest BCUT2D eigenvalue weighted by atomic mass is 10.1. The van der Waals surface area contributed by atoms with Gasteiger partial charge in [0.15, 0.2) is 23.2 Å². The van der Waals surface area contributed by atoms with Crippen LogP contribution in [0.5, 0.6) is 11.5 Å². The molecule has 1 heterocycles. The van der Waals surface area contributed by atoms with Crippen LogP contribution in [0.3, 0.4) is 0 Å². The molecule has 1 aliphatic heterocycles. The lowest BCUT2D eigenvalue weighted by Crippen LogP contribution is -2.30. The average molecular weight is 502 g/mol. The number of hydrogen-bond donors (Lipinski definition) is 2. The molecular formula is C28H27N3O4S. The molecule has 0 bridgehead atoms. The summed E-state index contributed by atoms with van der Waals surface area (Å²) < 4.78 is 11.1. The highest BCUT2D eigenvalue weighted by Gasteiger charge is 2.32. The van der Waals surface area contributed by atoms with E-state index in [0.717, 1.165) is 16.7 Å². The largest absolute Gasteiger partial charge is 0.493 e. The molecule has 8 heteroatoms. The number of anilines is 2. The third-order valence-corrected chi connectivity index (χ3v) is 6.10. The summed E-state index contributed by atoms with van der Waals surface area (Å²) in [6, 6.07) is 18.5. The number of benzene rings is 3. The summed E-state index contributed by atoms with van der Waals surface area (Å²) in [5.41, 5.74) is 5.81. The third kappa shape index (κ3) is 5.55. The zero-order valence-electron chi connectivity index (χ0n) is 20.5. The molecule has 1 aliphatic rings. The van der Waals surface area contributed by atoms with Gasteiger partial charge in [0.1, 0.15) is 5.70 Å². The molecule has 7 nitrogen and oxygen atoms in total. The standard InChI is InChI=1S/C28H27N3O4S/c1-17-5-9-21(10-6-17)29-26(32)16-35-24-12-8-20(15-25(24)34-4)14-23-27(33)31(28(36)30-23)22-11-7-18(2)19(3)13-22/h5-15H,16H2,1-4H3,(H,29,32)(H,30,36)/b23-14+. The van der Waals surface area contributed by atoms with Crippen molar-refractivity contribution in [2.45, 2.75) is 20.8 Å². The van der Waals surface area contributed by atoms with E-state index in [1.807, 2.05) is 63.2 Å². The van der Waals surface area contributed by atoms with E-state index in [1.54, 1.807) is 24.3 Å². The van der Waals surface area contributed by atoms with Crippen LogP contribution in [0.1, 0.15) is 22.3 Å². The molecular weight excluding hydrogens is 474 g/mol. The molecule has 0 radical (unpaired) electrons. The van der Waals surface area contributed by atoms with Crippen molar-refractivity contribution in [2.24, 2.45) is 0 Å². The average Bonchev–Trinajstić information content (AvgIpc) is 3.13. The van der Waals surface area contributed by atoms with Crippen LogP contribution < -0.4 is 25.0 Å². The highest BCUT2D eigenvalue weighted by Crippen LogP contribution is 2.30. The van der Waals surface area contributed by atoms with Gasteiger partial charge in [-0.3, -0.25) is 14.5 Å². The van der Waals surface area contributed by atoms with Gasteiger partial charge in [-0.1, -0.05) is 29.8 Å². The molecule has 4 rings (SSSR count). The smallest absolute Gasteiger partial charge is 0.281 e. The Labute approximate surface area is 215 Å². The van der Waals surface area contributed by atoms with Gasteiger partial charge in [-0.25, -0.2) is 0 Å². The highest BCUT2D eigenvalue weighted by atomic mass is 32.1. The number of hydrogen-bond acceptors (Lipinski definition) is 5.